The number of hydrogen-bond donors (Lipinski definition) is 0. The zero-order valence-corrected chi connectivity index (χ0v) is 6.68. The maximum Gasteiger partial charge on any atom is 0.285 e. The fourth-order valence-electron chi connectivity index (χ4n) is 0.466. The minimum Gasteiger partial charge on any atom is -0.363 e. The predicted molar refractivity (Wildman–Crippen MR) is 37.2 cm³/mol. The Bertz CT molecular complexity index is 252. The molecule has 1 aliphatic heterocycles. The molecule has 1 heterocycles. The topological polar surface area (TPSA) is 59.0 Å². The Kier molecular flexibility index (Phi) is 1.78. The van der Waals surface area contributed by atoms with Crippen molar-refractivity contribution >= 4 is 15.6 Å². The lowest BCUT2D eigenvalue weighted by molar-refractivity contribution is -0.118. The maximum atomic E-state index is 10.9. The Labute approximate surface area is 59.7 Å². The van der Waals surface area contributed by atoms with Crippen LogP contribution in [0.15, 0.2) is 4.36 Å². The molecule has 0 radical (unpaired) electrons. The zero-order valence-electron chi connectivity index (χ0n) is 5.86. The van der Waals surface area contributed by atoms with E-state index in [2.05, 4.69) is 9.10 Å². The molecule has 1 unspecified atom stereocenters. The Balaban J connectivity index is 2.68. The van der Waals surface area contributed by atoms with Gasteiger partial charge in [-0.1, -0.05) is 0 Å². The molecule has 1 saturated heterocycles. The van der Waals surface area contributed by atoms with Crippen LogP contribution in [-0.4, -0.2) is 35.3 Å². The molecule has 5 heteroatoms. The normalized spacial score (nSPS) is 24.0. The number of rotatable bonds is 1. The molecular weight excluding hydrogens is 154 g/mol. The van der Waals surface area contributed by atoms with Crippen LogP contribution in [0, 0.1) is 0 Å². The summed E-state index contributed by atoms with van der Waals surface area (Å²) < 4.78 is 19.0. The van der Waals surface area contributed by atoms with E-state index in [4.69, 9.17) is 0 Å². The monoisotopic (exact) mass is 163 g/mol. The van der Waals surface area contributed by atoms with Crippen molar-refractivity contribution in [3.05, 3.63) is 0 Å². The molecule has 0 aliphatic carbocycles. The van der Waals surface area contributed by atoms with Crippen LogP contribution in [-0.2, 0) is 19.3 Å². The average molecular weight is 163 g/mol. The van der Waals surface area contributed by atoms with Crippen LogP contribution < -0.4 is 0 Å². The van der Waals surface area contributed by atoms with E-state index < -0.39 is 21.7 Å². The summed E-state index contributed by atoms with van der Waals surface area (Å²) >= 11 is 0. The lowest BCUT2D eigenvalue weighted by Gasteiger charge is -1.89. The van der Waals surface area contributed by atoms with Gasteiger partial charge in [0, 0.05) is 22.2 Å². The van der Waals surface area contributed by atoms with Gasteiger partial charge in [0.05, 0.1) is 6.61 Å². The Hall–Kier alpha value is -0.420. The number of amides is 1. The first-order valence-corrected chi connectivity index (χ1v) is 5.15. The van der Waals surface area contributed by atoms with Gasteiger partial charge in [0.15, 0.2) is 6.10 Å². The summed E-state index contributed by atoms with van der Waals surface area (Å²) in [6, 6.07) is 0. The molecule has 0 N–H and O–H groups in total. The molecule has 0 aromatic heterocycles. The van der Waals surface area contributed by atoms with Crippen LogP contribution in [0.1, 0.15) is 0 Å². The summed E-state index contributed by atoms with van der Waals surface area (Å²) in [5, 5.41) is 0. The number of hydrogen-bond acceptors (Lipinski definition) is 3. The molecule has 0 spiro atoms. The van der Waals surface area contributed by atoms with Crippen LogP contribution in [0.3, 0.4) is 0 Å². The molecule has 10 heavy (non-hydrogen) atoms. The molecule has 1 atom stereocenters. The molecule has 4 nitrogen and oxygen atoms in total. The standard InChI is InChI=1S/C5H9NO3S/c1-10(2,8)6-5(7)4-3-9-4/h4H,3H2,1-2H3. The molecule has 1 amide bonds. The Morgan fingerprint density at radius 3 is 2.50 bits per heavy atom. The molecule has 0 bridgehead atoms. The van der Waals surface area contributed by atoms with Gasteiger partial charge in [-0.25, -0.2) is 4.21 Å². The third-order valence-corrected chi connectivity index (χ3v) is 1.54. The fourth-order valence-corrected chi connectivity index (χ4v) is 1.02. The van der Waals surface area contributed by atoms with Gasteiger partial charge in [-0.3, -0.25) is 4.79 Å². The van der Waals surface area contributed by atoms with Crippen LogP contribution in [0.5, 0.6) is 0 Å². The first-order chi connectivity index (χ1) is 4.49. The highest BCUT2D eigenvalue weighted by molar-refractivity contribution is 7.92. The number of carbonyl (C=O) groups excluding carboxylic acids is 1. The highest BCUT2D eigenvalue weighted by atomic mass is 32.2. The van der Waals surface area contributed by atoms with E-state index >= 15 is 0 Å². The fraction of sp³-hybridized carbons (Fsp3) is 0.800. The van der Waals surface area contributed by atoms with Gasteiger partial charge in [-0.05, 0) is 0 Å². The minimum absolute atomic E-state index is 0.394. The molecular formula is C5H9NO3S. The lowest BCUT2D eigenvalue weighted by Crippen LogP contribution is -2.06. The highest BCUT2D eigenvalue weighted by Crippen LogP contribution is 2.10. The molecule has 1 rings (SSSR count). The number of nitrogens with zero attached hydrogens (tertiary/aromatic N) is 1. The van der Waals surface area contributed by atoms with Crippen molar-refractivity contribution in [1.82, 2.24) is 0 Å². The van der Waals surface area contributed by atoms with Crippen LogP contribution >= 0.6 is 0 Å². The maximum absolute atomic E-state index is 10.9. The minimum atomic E-state index is -2.28. The van der Waals surface area contributed by atoms with Gasteiger partial charge >= 0.3 is 0 Å². The second-order valence-corrected chi connectivity index (χ2v) is 4.98. The third-order valence-electron chi connectivity index (χ3n) is 0.919. The van der Waals surface area contributed by atoms with Crippen LogP contribution in [0.4, 0.5) is 0 Å². The molecule has 0 aromatic carbocycles. The summed E-state index contributed by atoms with van der Waals surface area (Å²) in [6.07, 6.45) is 2.45. The van der Waals surface area contributed by atoms with Crippen molar-refractivity contribution in [2.45, 2.75) is 6.10 Å². The summed E-state index contributed by atoms with van der Waals surface area (Å²) in [5.41, 5.74) is 0. The Morgan fingerprint density at radius 1 is 1.70 bits per heavy atom. The van der Waals surface area contributed by atoms with E-state index in [1.165, 1.54) is 12.5 Å². The second-order valence-electron chi connectivity index (χ2n) is 2.43. The molecule has 0 aromatic rings. The van der Waals surface area contributed by atoms with E-state index in [0.29, 0.717) is 6.61 Å². The van der Waals surface area contributed by atoms with Crippen molar-refractivity contribution in [2.75, 3.05) is 19.1 Å². The zero-order chi connectivity index (χ0) is 7.78. The Morgan fingerprint density at radius 2 is 2.20 bits per heavy atom. The van der Waals surface area contributed by atoms with Gasteiger partial charge in [0.25, 0.3) is 5.91 Å². The summed E-state index contributed by atoms with van der Waals surface area (Å²) in [7, 11) is -2.28. The number of epoxide rings is 1. The van der Waals surface area contributed by atoms with E-state index in [0.717, 1.165) is 0 Å². The quantitative estimate of drug-likeness (QED) is 0.496. The first kappa shape index (κ1) is 7.68. The van der Waals surface area contributed by atoms with Crippen molar-refractivity contribution in [1.29, 1.82) is 0 Å². The third kappa shape index (κ3) is 2.45. The SMILES string of the molecule is CS(C)(=O)=NC(=O)C1CO1. The summed E-state index contributed by atoms with van der Waals surface area (Å²) in [4.78, 5) is 10.8. The van der Waals surface area contributed by atoms with E-state index in [-0.39, 0.29) is 0 Å². The van der Waals surface area contributed by atoms with Crippen molar-refractivity contribution in [3.63, 3.8) is 0 Å². The van der Waals surface area contributed by atoms with E-state index in [9.17, 15) is 9.00 Å². The summed E-state index contributed by atoms with van der Waals surface area (Å²) in [5.74, 6) is -0.394. The smallest absolute Gasteiger partial charge is 0.285 e. The predicted octanol–water partition coefficient (Wildman–Crippen LogP) is -0.361. The van der Waals surface area contributed by atoms with Gasteiger partial charge in [0.2, 0.25) is 0 Å². The first-order valence-electron chi connectivity index (χ1n) is 2.81. The molecule has 1 aliphatic rings. The van der Waals surface area contributed by atoms with Gasteiger partial charge in [-0.2, -0.15) is 4.36 Å². The van der Waals surface area contributed by atoms with E-state index in [1.54, 1.807) is 0 Å². The molecule has 1 fully saturated rings. The highest BCUT2D eigenvalue weighted by Gasteiger charge is 2.31. The van der Waals surface area contributed by atoms with Crippen molar-refractivity contribution < 1.29 is 13.7 Å². The lowest BCUT2D eigenvalue weighted by atomic mass is 10.5. The van der Waals surface area contributed by atoms with Crippen molar-refractivity contribution in [2.24, 2.45) is 4.36 Å². The van der Waals surface area contributed by atoms with E-state index in [1.807, 2.05) is 0 Å². The van der Waals surface area contributed by atoms with Gasteiger partial charge in [0.1, 0.15) is 0 Å². The van der Waals surface area contributed by atoms with Gasteiger partial charge < -0.3 is 4.74 Å². The average Bonchev–Trinajstić information content (AvgIpc) is 2.35. The number of carbonyl (C=O) groups is 1. The van der Waals surface area contributed by atoms with Crippen LogP contribution in [0.2, 0.25) is 0 Å². The summed E-state index contributed by atoms with van der Waals surface area (Å²) in [6.45, 7) is 0.428. The van der Waals surface area contributed by atoms with Gasteiger partial charge in [-0.15, -0.1) is 0 Å². The van der Waals surface area contributed by atoms with Crippen molar-refractivity contribution in [3.8, 4) is 0 Å². The van der Waals surface area contributed by atoms with Crippen LogP contribution in [0.25, 0.3) is 0 Å². The molecule has 0 saturated carbocycles. The second kappa shape index (κ2) is 2.32. The largest absolute Gasteiger partial charge is 0.363 e. The molecule has 58 valence electrons. The number of ether oxygens (including phenoxy) is 1.